The normalized spacial score (nSPS) is 11.3. The largest absolute Gasteiger partial charge is 0.462 e. The number of rotatable bonds is 8. The van der Waals surface area contributed by atoms with Crippen molar-refractivity contribution in [3.63, 3.8) is 0 Å². The van der Waals surface area contributed by atoms with E-state index < -0.39 is 26.8 Å². The molecule has 1 amide bonds. The maximum atomic E-state index is 13.9. The fraction of sp³-hybridized carbons (Fsp3) is 0.185. The highest BCUT2D eigenvalue weighted by atomic mass is 32.2. The number of anilines is 1. The number of esters is 1. The van der Waals surface area contributed by atoms with E-state index in [0.29, 0.717) is 16.3 Å². The first kappa shape index (κ1) is 26.6. The Hall–Kier alpha value is -4.51. The highest BCUT2D eigenvalue weighted by Gasteiger charge is 2.33. The van der Waals surface area contributed by atoms with E-state index in [4.69, 9.17) is 9.15 Å². The summed E-state index contributed by atoms with van der Waals surface area (Å²) < 4.78 is 39.1. The van der Waals surface area contributed by atoms with Gasteiger partial charge >= 0.3 is 5.97 Å². The van der Waals surface area contributed by atoms with Gasteiger partial charge in [-0.15, -0.1) is 0 Å². The molecule has 0 N–H and O–H groups in total. The molecule has 0 spiro atoms. The van der Waals surface area contributed by atoms with Crippen LogP contribution in [0.3, 0.4) is 0 Å². The summed E-state index contributed by atoms with van der Waals surface area (Å²) in [6.45, 7) is 5.26. The summed E-state index contributed by atoms with van der Waals surface area (Å²) in [5.41, 5.74) is 0.640. The van der Waals surface area contributed by atoms with Crippen LogP contribution in [0, 0.1) is 17.0 Å². The van der Waals surface area contributed by atoms with Crippen LogP contribution in [0.1, 0.15) is 45.9 Å². The van der Waals surface area contributed by atoms with E-state index in [1.807, 2.05) is 6.92 Å². The van der Waals surface area contributed by atoms with Gasteiger partial charge in [-0.05, 0) is 62.2 Å². The van der Waals surface area contributed by atoms with Crippen LogP contribution in [0.25, 0.3) is 11.0 Å². The molecule has 0 fully saturated rings. The van der Waals surface area contributed by atoms with Crippen LogP contribution in [0.15, 0.2) is 76.0 Å². The summed E-state index contributed by atoms with van der Waals surface area (Å²) in [6.07, 6.45) is 0.684. The number of carbonyl (C=O) groups is 2. The maximum Gasteiger partial charge on any atom is 0.342 e. The minimum absolute atomic E-state index is 0.0834. The highest BCUT2D eigenvalue weighted by molar-refractivity contribution is 7.93. The molecule has 3 aromatic carbocycles. The van der Waals surface area contributed by atoms with Gasteiger partial charge in [-0.2, -0.15) is 4.31 Å². The first-order valence-corrected chi connectivity index (χ1v) is 13.2. The quantitative estimate of drug-likeness (QED) is 0.165. The third-order valence-electron chi connectivity index (χ3n) is 5.92. The summed E-state index contributed by atoms with van der Waals surface area (Å²) in [5.74, 6) is -1.40. The second-order valence-corrected chi connectivity index (χ2v) is 10.1. The van der Waals surface area contributed by atoms with Crippen molar-refractivity contribution in [2.75, 3.05) is 10.9 Å². The van der Waals surface area contributed by atoms with Crippen LogP contribution in [0.5, 0.6) is 0 Å². The Labute approximate surface area is 218 Å². The molecule has 0 aliphatic heterocycles. The highest BCUT2D eigenvalue weighted by Crippen LogP contribution is 2.34. The van der Waals surface area contributed by atoms with Gasteiger partial charge in [0.1, 0.15) is 16.9 Å². The van der Waals surface area contributed by atoms with Crippen molar-refractivity contribution >= 4 is 44.2 Å². The van der Waals surface area contributed by atoms with Crippen LogP contribution in [0.2, 0.25) is 0 Å². The van der Waals surface area contributed by atoms with Crippen molar-refractivity contribution in [2.24, 2.45) is 0 Å². The van der Waals surface area contributed by atoms with Gasteiger partial charge in [0.2, 0.25) is 0 Å². The van der Waals surface area contributed by atoms with Crippen molar-refractivity contribution in [1.82, 2.24) is 0 Å². The molecule has 0 saturated carbocycles. The van der Waals surface area contributed by atoms with Crippen LogP contribution in [-0.4, -0.2) is 31.8 Å². The average molecular weight is 537 g/mol. The molecule has 0 aliphatic rings. The molecule has 0 atom stereocenters. The Morgan fingerprint density at radius 1 is 1.03 bits per heavy atom. The number of carbonyl (C=O) groups excluding carboxylic acids is 2. The Kier molecular flexibility index (Phi) is 7.31. The van der Waals surface area contributed by atoms with Gasteiger partial charge in [-0.1, -0.05) is 25.1 Å². The second kappa shape index (κ2) is 10.5. The number of aryl methyl sites for hydroxylation is 2. The molecule has 1 heterocycles. The molecular formula is C27H24N2O8S. The Morgan fingerprint density at radius 3 is 2.37 bits per heavy atom. The number of nitro benzene ring substituents is 1. The summed E-state index contributed by atoms with van der Waals surface area (Å²) in [7, 11) is -4.50. The van der Waals surface area contributed by atoms with Crippen molar-refractivity contribution < 1.29 is 32.1 Å². The number of nitrogens with zero attached hydrogens (tertiary/aromatic N) is 2. The van der Waals surface area contributed by atoms with E-state index in [1.54, 1.807) is 26.0 Å². The molecular weight excluding hydrogens is 512 g/mol. The molecule has 38 heavy (non-hydrogen) atoms. The third-order valence-corrected chi connectivity index (χ3v) is 7.65. The zero-order valence-electron chi connectivity index (χ0n) is 20.8. The van der Waals surface area contributed by atoms with Crippen LogP contribution in [-0.2, 0) is 21.2 Å². The predicted molar refractivity (Wildman–Crippen MR) is 140 cm³/mol. The molecule has 10 nitrogen and oxygen atoms in total. The topological polar surface area (TPSA) is 137 Å². The lowest BCUT2D eigenvalue weighted by Gasteiger charge is -2.23. The third kappa shape index (κ3) is 4.88. The zero-order valence-corrected chi connectivity index (χ0v) is 21.7. The number of non-ortho nitro benzene ring substituents is 1. The smallest absolute Gasteiger partial charge is 0.342 e. The molecule has 0 unspecified atom stereocenters. The van der Waals surface area contributed by atoms with Crippen molar-refractivity contribution in [3.8, 4) is 0 Å². The number of amides is 1. The summed E-state index contributed by atoms with van der Waals surface area (Å²) >= 11 is 0. The van der Waals surface area contributed by atoms with E-state index in [2.05, 4.69) is 0 Å². The molecule has 0 saturated heterocycles. The summed E-state index contributed by atoms with van der Waals surface area (Å²) in [4.78, 5) is 36.8. The van der Waals surface area contributed by atoms with Crippen molar-refractivity contribution in [2.45, 2.75) is 32.1 Å². The fourth-order valence-corrected chi connectivity index (χ4v) is 5.43. The number of ether oxygens (including phenoxy) is 1. The van der Waals surface area contributed by atoms with Gasteiger partial charge in [0.15, 0.2) is 0 Å². The Balaban J connectivity index is 1.94. The van der Waals surface area contributed by atoms with Crippen molar-refractivity contribution in [3.05, 3.63) is 99.3 Å². The van der Waals surface area contributed by atoms with E-state index in [1.165, 1.54) is 48.5 Å². The van der Waals surface area contributed by atoms with Crippen LogP contribution in [0.4, 0.5) is 11.4 Å². The van der Waals surface area contributed by atoms with Crippen molar-refractivity contribution in [1.29, 1.82) is 0 Å². The average Bonchev–Trinajstić information content (AvgIpc) is 3.23. The van der Waals surface area contributed by atoms with Gasteiger partial charge in [-0.25, -0.2) is 13.2 Å². The monoisotopic (exact) mass is 536 g/mol. The lowest BCUT2D eigenvalue weighted by Crippen LogP contribution is -2.37. The zero-order chi connectivity index (χ0) is 27.6. The van der Waals surface area contributed by atoms with Gasteiger partial charge < -0.3 is 9.15 Å². The molecule has 4 aromatic rings. The standard InChI is InChI=1S/C27H24N2O8S/c1-4-18-9-12-22(13-10-18)38(34,35)28(26(30)19-7-6-8-21(15-19)29(32)33)20-11-14-24-23(16-20)25(17(3)37-24)27(31)36-5-2/h6-16H,4-5H2,1-3H3. The second-order valence-electron chi connectivity index (χ2n) is 8.31. The minimum atomic E-state index is -4.50. The molecule has 0 aliphatic carbocycles. The van der Waals surface area contributed by atoms with Crippen LogP contribution >= 0.6 is 0 Å². The van der Waals surface area contributed by atoms with E-state index in [0.717, 1.165) is 11.6 Å². The minimum Gasteiger partial charge on any atom is -0.462 e. The molecule has 196 valence electrons. The van der Waals surface area contributed by atoms with E-state index in [-0.39, 0.29) is 45.2 Å². The lowest BCUT2D eigenvalue weighted by atomic mass is 10.1. The summed E-state index contributed by atoms with van der Waals surface area (Å²) in [5, 5.41) is 11.6. The van der Waals surface area contributed by atoms with Gasteiger partial charge in [0, 0.05) is 23.1 Å². The number of hydrogen-bond acceptors (Lipinski definition) is 8. The molecule has 1 aromatic heterocycles. The number of fused-ring (bicyclic) bond motifs is 1. The maximum absolute atomic E-state index is 13.9. The number of nitro groups is 1. The lowest BCUT2D eigenvalue weighted by molar-refractivity contribution is -0.384. The SMILES string of the molecule is CCOC(=O)c1c(C)oc2ccc(N(C(=O)c3cccc([N+](=O)[O-])c3)S(=O)(=O)c3ccc(CC)cc3)cc12. The van der Waals surface area contributed by atoms with Gasteiger partial charge in [-0.3, -0.25) is 14.9 Å². The number of benzene rings is 3. The van der Waals surface area contributed by atoms with Gasteiger partial charge in [0.25, 0.3) is 21.6 Å². The Morgan fingerprint density at radius 2 is 1.74 bits per heavy atom. The van der Waals surface area contributed by atoms with Gasteiger partial charge in [0.05, 0.1) is 22.1 Å². The summed E-state index contributed by atoms with van der Waals surface area (Å²) in [6, 6.07) is 15.0. The number of hydrogen-bond donors (Lipinski definition) is 0. The number of furan rings is 1. The van der Waals surface area contributed by atoms with E-state index >= 15 is 0 Å². The molecule has 0 radical (unpaired) electrons. The first-order valence-electron chi connectivity index (χ1n) is 11.7. The number of sulfonamides is 1. The molecule has 4 rings (SSSR count). The molecule has 11 heteroatoms. The van der Waals surface area contributed by atoms with Crippen LogP contribution < -0.4 is 4.31 Å². The van der Waals surface area contributed by atoms with E-state index in [9.17, 15) is 28.1 Å². The predicted octanol–water partition coefficient (Wildman–Crippen LogP) is 5.42. The Bertz CT molecular complexity index is 1660. The fourth-order valence-electron chi connectivity index (χ4n) is 4.03. The molecule has 0 bridgehead atoms. The first-order chi connectivity index (χ1) is 18.1.